The van der Waals surface area contributed by atoms with Crippen LogP contribution in [0.3, 0.4) is 0 Å². The van der Waals surface area contributed by atoms with Gasteiger partial charge in [-0.05, 0) is 43.2 Å². The fraction of sp³-hybridized carbons (Fsp3) is 0.286. The summed E-state index contributed by atoms with van der Waals surface area (Å²) in [6.45, 7) is 8.99. The van der Waals surface area contributed by atoms with E-state index in [-0.39, 0.29) is 5.78 Å². The van der Waals surface area contributed by atoms with E-state index in [0.717, 1.165) is 34.3 Å². The molecule has 0 aliphatic rings. The number of aromatic nitrogens is 2. The predicted octanol–water partition coefficient (Wildman–Crippen LogP) is 6.37. The van der Waals surface area contributed by atoms with Crippen molar-refractivity contribution in [1.29, 1.82) is 0 Å². The molecule has 172 valence electrons. The molecule has 0 radical (unpaired) electrons. The Bertz CT molecular complexity index is 1200. The molecule has 0 spiro atoms. The lowest BCUT2D eigenvalue weighted by Gasteiger charge is -2.08. The molecule has 2 aromatic carbocycles. The van der Waals surface area contributed by atoms with E-state index >= 15 is 0 Å². The van der Waals surface area contributed by atoms with Crippen LogP contribution in [0.1, 0.15) is 54.9 Å². The number of benzene rings is 2. The minimum atomic E-state index is -0.00860. The number of aryl methyl sites for hydroxylation is 1. The number of pyridine rings is 1. The number of fused-ring (bicyclic) bond motifs is 1. The molecule has 0 unspecified atom stereocenters. The SMILES string of the molecule is CC.CCOc1cc2c(C(=O)c3ccc(OCc4ccccc4)cc3)c(CC)n(C)c2cn1. The predicted molar refractivity (Wildman–Crippen MR) is 133 cm³/mol. The van der Waals surface area contributed by atoms with Crippen LogP contribution in [0.15, 0.2) is 66.9 Å². The number of rotatable bonds is 8. The fourth-order valence-electron chi connectivity index (χ4n) is 3.85. The van der Waals surface area contributed by atoms with E-state index in [1.165, 1.54) is 0 Å². The van der Waals surface area contributed by atoms with Gasteiger partial charge in [0.2, 0.25) is 5.88 Å². The second-order valence-corrected chi connectivity index (χ2v) is 7.33. The molecule has 5 nitrogen and oxygen atoms in total. The molecule has 0 fully saturated rings. The van der Waals surface area contributed by atoms with Gasteiger partial charge in [0.05, 0.1) is 23.9 Å². The normalized spacial score (nSPS) is 10.5. The van der Waals surface area contributed by atoms with E-state index < -0.39 is 0 Å². The minimum absolute atomic E-state index is 0.00860. The van der Waals surface area contributed by atoms with Crippen molar-refractivity contribution in [3.63, 3.8) is 0 Å². The number of ether oxygens (including phenoxy) is 2. The van der Waals surface area contributed by atoms with Gasteiger partial charge in [0.25, 0.3) is 0 Å². The van der Waals surface area contributed by atoms with Crippen LogP contribution in [0, 0.1) is 0 Å². The highest BCUT2D eigenvalue weighted by atomic mass is 16.5. The van der Waals surface area contributed by atoms with Crippen molar-refractivity contribution in [3.8, 4) is 11.6 Å². The Hall–Kier alpha value is -3.60. The van der Waals surface area contributed by atoms with Crippen LogP contribution in [-0.2, 0) is 20.1 Å². The van der Waals surface area contributed by atoms with Crippen LogP contribution < -0.4 is 9.47 Å². The van der Waals surface area contributed by atoms with E-state index in [1.54, 1.807) is 6.20 Å². The van der Waals surface area contributed by atoms with Gasteiger partial charge in [0, 0.05) is 29.8 Å². The van der Waals surface area contributed by atoms with Gasteiger partial charge < -0.3 is 14.0 Å². The molecule has 0 N–H and O–H groups in total. The zero-order valence-electron chi connectivity index (χ0n) is 20.1. The number of hydrogen-bond donors (Lipinski definition) is 0. The first-order valence-electron chi connectivity index (χ1n) is 11.5. The number of hydrogen-bond acceptors (Lipinski definition) is 4. The van der Waals surface area contributed by atoms with Crippen molar-refractivity contribution < 1.29 is 14.3 Å². The van der Waals surface area contributed by atoms with Crippen molar-refractivity contribution in [2.45, 2.75) is 40.7 Å². The van der Waals surface area contributed by atoms with Crippen molar-refractivity contribution in [2.75, 3.05) is 6.61 Å². The second kappa shape index (κ2) is 11.3. The summed E-state index contributed by atoms with van der Waals surface area (Å²) in [5.74, 6) is 1.25. The van der Waals surface area contributed by atoms with Gasteiger partial charge >= 0.3 is 0 Å². The molecule has 5 heteroatoms. The molecular weight excluding hydrogens is 412 g/mol. The minimum Gasteiger partial charge on any atom is -0.489 e. The number of carbonyl (C=O) groups is 1. The first-order valence-corrected chi connectivity index (χ1v) is 11.5. The first kappa shape index (κ1) is 24.1. The maximum atomic E-state index is 13.5. The first-order chi connectivity index (χ1) is 16.1. The van der Waals surface area contributed by atoms with Crippen molar-refractivity contribution >= 4 is 16.7 Å². The molecule has 0 aliphatic carbocycles. The van der Waals surface area contributed by atoms with Gasteiger partial charge in [0.15, 0.2) is 5.78 Å². The van der Waals surface area contributed by atoms with Crippen LogP contribution in [0.2, 0.25) is 0 Å². The zero-order chi connectivity index (χ0) is 23.8. The quantitative estimate of drug-likeness (QED) is 0.296. The maximum absolute atomic E-state index is 13.5. The molecule has 4 rings (SSSR count). The van der Waals surface area contributed by atoms with E-state index in [0.29, 0.717) is 30.2 Å². The number of nitrogens with zero attached hydrogens (tertiary/aromatic N) is 2. The Morgan fingerprint density at radius 1 is 0.970 bits per heavy atom. The summed E-state index contributed by atoms with van der Waals surface area (Å²) >= 11 is 0. The monoisotopic (exact) mass is 444 g/mol. The van der Waals surface area contributed by atoms with E-state index in [2.05, 4.69) is 11.9 Å². The molecule has 0 amide bonds. The molecule has 2 aromatic heterocycles. The smallest absolute Gasteiger partial charge is 0.213 e. The Morgan fingerprint density at radius 3 is 2.30 bits per heavy atom. The van der Waals surface area contributed by atoms with E-state index in [9.17, 15) is 4.79 Å². The molecule has 33 heavy (non-hydrogen) atoms. The highest BCUT2D eigenvalue weighted by molar-refractivity contribution is 6.17. The van der Waals surface area contributed by atoms with Gasteiger partial charge in [-0.15, -0.1) is 0 Å². The topological polar surface area (TPSA) is 53.4 Å². The van der Waals surface area contributed by atoms with Crippen molar-refractivity contribution in [1.82, 2.24) is 9.55 Å². The molecule has 2 heterocycles. The Balaban J connectivity index is 0.00000149. The van der Waals surface area contributed by atoms with Gasteiger partial charge in [0.1, 0.15) is 12.4 Å². The molecule has 0 bridgehead atoms. The zero-order valence-corrected chi connectivity index (χ0v) is 20.1. The highest BCUT2D eigenvalue weighted by Crippen LogP contribution is 2.30. The van der Waals surface area contributed by atoms with Crippen LogP contribution >= 0.6 is 0 Å². The number of carbonyl (C=O) groups excluding carboxylic acids is 1. The van der Waals surface area contributed by atoms with Crippen LogP contribution in [0.4, 0.5) is 0 Å². The lowest BCUT2D eigenvalue weighted by atomic mass is 9.99. The molecule has 0 atom stereocenters. The van der Waals surface area contributed by atoms with Gasteiger partial charge in [-0.25, -0.2) is 4.98 Å². The van der Waals surface area contributed by atoms with Crippen LogP contribution in [0.5, 0.6) is 11.6 Å². The third kappa shape index (κ3) is 5.25. The van der Waals surface area contributed by atoms with Gasteiger partial charge in [-0.3, -0.25) is 4.79 Å². The highest BCUT2D eigenvalue weighted by Gasteiger charge is 2.22. The third-order valence-electron chi connectivity index (χ3n) is 5.40. The van der Waals surface area contributed by atoms with Gasteiger partial charge in [-0.1, -0.05) is 51.1 Å². The fourth-order valence-corrected chi connectivity index (χ4v) is 3.85. The molecular formula is C28H32N2O3. The summed E-state index contributed by atoms with van der Waals surface area (Å²) in [4.78, 5) is 17.9. The Kier molecular flexibility index (Phi) is 8.25. The lowest BCUT2D eigenvalue weighted by Crippen LogP contribution is -2.06. The summed E-state index contributed by atoms with van der Waals surface area (Å²) in [5, 5.41) is 0.868. The standard InChI is InChI=1S/C26H26N2O3.C2H6/c1-4-22-25(21-15-24(30-5-2)27-16-23(21)28(22)3)26(29)19-11-13-20(14-12-19)31-17-18-9-7-6-8-10-18;1-2/h6-16H,4-5,17H2,1-3H3;1-2H3. The summed E-state index contributed by atoms with van der Waals surface area (Å²) < 4.78 is 13.5. The average molecular weight is 445 g/mol. The van der Waals surface area contributed by atoms with Gasteiger partial charge in [-0.2, -0.15) is 0 Å². The lowest BCUT2D eigenvalue weighted by molar-refractivity contribution is 0.103. The average Bonchev–Trinajstić information content (AvgIpc) is 3.15. The van der Waals surface area contributed by atoms with E-state index in [4.69, 9.17) is 9.47 Å². The van der Waals surface area contributed by atoms with Crippen molar-refractivity contribution in [2.24, 2.45) is 7.05 Å². The maximum Gasteiger partial charge on any atom is 0.213 e. The summed E-state index contributed by atoms with van der Waals surface area (Å²) in [7, 11) is 1.97. The van der Waals surface area contributed by atoms with Crippen molar-refractivity contribution in [3.05, 3.63) is 89.2 Å². The Morgan fingerprint density at radius 2 is 1.67 bits per heavy atom. The van der Waals surface area contributed by atoms with E-state index in [1.807, 2.05) is 93.0 Å². The summed E-state index contributed by atoms with van der Waals surface area (Å²) in [5.41, 5.74) is 4.35. The number of ketones is 1. The van der Waals surface area contributed by atoms with Crippen LogP contribution in [-0.4, -0.2) is 21.9 Å². The second-order valence-electron chi connectivity index (χ2n) is 7.33. The molecule has 0 saturated heterocycles. The largest absolute Gasteiger partial charge is 0.489 e. The molecule has 0 saturated carbocycles. The van der Waals surface area contributed by atoms with Crippen LogP contribution in [0.25, 0.3) is 10.9 Å². The summed E-state index contributed by atoms with van der Waals surface area (Å²) in [6, 6.07) is 19.2. The molecule has 4 aromatic rings. The molecule has 0 aliphatic heterocycles. The third-order valence-corrected chi connectivity index (χ3v) is 5.40. The summed E-state index contributed by atoms with van der Waals surface area (Å²) in [6.07, 6.45) is 2.52. The Labute approximate surface area is 196 Å².